The van der Waals surface area contributed by atoms with Gasteiger partial charge < -0.3 is 10.2 Å². The van der Waals surface area contributed by atoms with Gasteiger partial charge in [0.2, 0.25) is 11.8 Å². The highest BCUT2D eigenvalue weighted by Crippen LogP contribution is 2.23. The molecule has 2 rings (SSSR count). The molecule has 0 unspecified atom stereocenters. The maximum absolute atomic E-state index is 12.7. The molecule has 0 radical (unpaired) electrons. The highest BCUT2D eigenvalue weighted by molar-refractivity contribution is 5.82. The smallest absolute Gasteiger partial charge is 0.351 e. The summed E-state index contributed by atoms with van der Waals surface area (Å²) in [5.41, 5.74) is 2.14. The van der Waals surface area contributed by atoms with Gasteiger partial charge in [-0.3, -0.25) is 14.5 Å². The highest BCUT2D eigenvalue weighted by atomic mass is 19.4. The van der Waals surface area contributed by atoms with Crippen LogP contribution in [0, 0.1) is 12.8 Å². The summed E-state index contributed by atoms with van der Waals surface area (Å²) in [7, 11) is 0. The number of hydrogen-bond donors (Lipinski definition) is 1. The van der Waals surface area contributed by atoms with E-state index in [2.05, 4.69) is 5.32 Å². The Morgan fingerprint density at radius 1 is 1.28 bits per heavy atom. The van der Waals surface area contributed by atoms with Crippen molar-refractivity contribution in [3.8, 4) is 0 Å². The van der Waals surface area contributed by atoms with Crippen LogP contribution >= 0.6 is 0 Å². The number of benzene rings is 1. The summed E-state index contributed by atoms with van der Waals surface area (Å²) in [4.78, 5) is 27.9. The molecule has 2 atom stereocenters. The number of halogens is 3. The predicted octanol–water partition coefficient (Wildman–Crippen LogP) is 3.12. The van der Waals surface area contributed by atoms with E-state index in [1.54, 1.807) is 13.8 Å². The summed E-state index contributed by atoms with van der Waals surface area (Å²) in [5, 5.41) is 2.90. The van der Waals surface area contributed by atoms with Crippen molar-refractivity contribution in [3.63, 3.8) is 0 Å². The normalized spacial score (nSPS) is 18.9. The van der Waals surface area contributed by atoms with Gasteiger partial charge in [0.25, 0.3) is 0 Å². The second kappa shape index (κ2) is 10.1. The van der Waals surface area contributed by atoms with E-state index < -0.39 is 30.6 Å². The molecule has 0 bridgehead atoms. The minimum absolute atomic E-state index is 0.0153. The molecule has 0 spiro atoms. The lowest BCUT2D eigenvalue weighted by Crippen LogP contribution is -2.52. The van der Waals surface area contributed by atoms with Crippen molar-refractivity contribution < 1.29 is 22.8 Å². The quantitative estimate of drug-likeness (QED) is 0.747. The molecule has 5 nitrogen and oxygen atoms in total. The van der Waals surface area contributed by atoms with Crippen LogP contribution in [0.4, 0.5) is 13.2 Å². The predicted molar refractivity (Wildman–Crippen MR) is 105 cm³/mol. The van der Waals surface area contributed by atoms with Gasteiger partial charge in [-0.05, 0) is 45.7 Å². The Hall–Kier alpha value is -2.09. The molecule has 2 amide bonds. The molecule has 0 saturated carbocycles. The summed E-state index contributed by atoms with van der Waals surface area (Å²) >= 11 is 0. The molecule has 1 saturated heterocycles. The lowest BCUT2D eigenvalue weighted by atomic mass is 9.95. The fourth-order valence-electron chi connectivity index (χ4n) is 3.59. The number of alkyl halides is 3. The molecule has 1 fully saturated rings. The van der Waals surface area contributed by atoms with Crippen molar-refractivity contribution in [1.82, 2.24) is 15.1 Å². The molecule has 0 aromatic heterocycles. The Kier molecular flexibility index (Phi) is 8.07. The second-order valence-corrected chi connectivity index (χ2v) is 7.68. The van der Waals surface area contributed by atoms with Gasteiger partial charge in [0, 0.05) is 19.6 Å². The van der Waals surface area contributed by atoms with Gasteiger partial charge in [-0.25, -0.2) is 0 Å². The van der Waals surface area contributed by atoms with E-state index in [9.17, 15) is 22.8 Å². The molecule has 1 aromatic carbocycles. The van der Waals surface area contributed by atoms with Crippen molar-refractivity contribution >= 4 is 11.8 Å². The van der Waals surface area contributed by atoms with Gasteiger partial charge in [0.15, 0.2) is 0 Å². The molecule has 1 N–H and O–H groups in total. The Labute approximate surface area is 170 Å². The van der Waals surface area contributed by atoms with Gasteiger partial charge in [-0.1, -0.05) is 29.8 Å². The van der Waals surface area contributed by atoms with Gasteiger partial charge in [0.05, 0.1) is 12.0 Å². The molecular weight excluding hydrogens is 383 g/mol. The molecule has 1 aliphatic heterocycles. The van der Waals surface area contributed by atoms with Crippen LogP contribution in [0.1, 0.15) is 37.8 Å². The molecule has 1 aromatic rings. The second-order valence-electron chi connectivity index (χ2n) is 7.68. The van der Waals surface area contributed by atoms with E-state index in [1.165, 1.54) is 0 Å². The summed E-state index contributed by atoms with van der Waals surface area (Å²) in [5.74, 6) is -1.15. The van der Waals surface area contributed by atoms with Gasteiger partial charge >= 0.3 is 6.18 Å². The van der Waals surface area contributed by atoms with Crippen molar-refractivity contribution in [1.29, 1.82) is 0 Å². The van der Waals surface area contributed by atoms with Crippen molar-refractivity contribution in [2.75, 3.05) is 26.2 Å². The molecule has 8 heteroatoms. The van der Waals surface area contributed by atoms with Gasteiger partial charge in [-0.2, -0.15) is 13.2 Å². The molecular formula is C21H30F3N3O2. The van der Waals surface area contributed by atoms with Crippen LogP contribution in [0.5, 0.6) is 0 Å². The Balaban J connectivity index is 1.91. The fourth-order valence-corrected chi connectivity index (χ4v) is 3.59. The highest BCUT2D eigenvalue weighted by Gasteiger charge is 2.37. The summed E-state index contributed by atoms with van der Waals surface area (Å²) in [6.45, 7) is 5.45. The molecule has 1 heterocycles. The topological polar surface area (TPSA) is 52.7 Å². The Morgan fingerprint density at radius 2 is 1.93 bits per heavy atom. The van der Waals surface area contributed by atoms with E-state index in [1.807, 2.05) is 36.1 Å². The molecule has 162 valence electrons. The summed E-state index contributed by atoms with van der Waals surface area (Å²) in [6, 6.07) is 7.41. The number of carbonyl (C=O) groups excluding carboxylic acids is 2. The average Bonchev–Trinajstić information content (AvgIpc) is 2.69. The van der Waals surface area contributed by atoms with E-state index in [0.29, 0.717) is 32.5 Å². The van der Waals surface area contributed by atoms with E-state index >= 15 is 0 Å². The SMILES string of the molecule is CCN(CC(F)(F)F)C(=O)[C@H]1CCCN([C@@H](C)C(=O)NCc2ccc(C)cc2)C1. The summed E-state index contributed by atoms with van der Waals surface area (Å²) < 4.78 is 38.2. The Morgan fingerprint density at radius 3 is 2.52 bits per heavy atom. The number of piperidine rings is 1. The van der Waals surface area contributed by atoms with Gasteiger partial charge in [-0.15, -0.1) is 0 Å². The first-order valence-electron chi connectivity index (χ1n) is 10.0. The van der Waals surface area contributed by atoms with Crippen molar-refractivity contribution in [2.45, 2.75) is 52.4 Å². The average molecular weight is 413 g/mol. The molecule has 1 aliphatic rings. The third-order valence-corrected chi connectivity index (χ3v) is 5.38. The number of rotatable bonds is 7. The maximum atomic E-state index is 12.7. The van der Waals surface area contributed by atoms with Crippen molar-refractivity contribution in [3.05, 3.63) is 35.4 Å². The number of carbonyl (C=O) groups is 2. The van der Waals surface area contributed by atoms with Gasteiger partial charge in [0.1, 0.15) is 6.54 Å². The first-order valence-corrected chi connectivity index (χ1v) is 10.0. The third kappa shape index (κ3) is 7.03. The first kappa shape index (κ1) is 23.2. The standard InChI is InChI=1S/C21H30F3N3O2/c1-4-26(14-21(22,23)24)20(29)18-6-5-11-27(13-18)16(3)19(28)25-12-17-9-7-15(2)8-10-17/h7-10,16,18H,4-6,11-14H2,1-3H3,(H,25,28)/t16-,18-/m0/s1. The zero-order valence-corrected chi connectivity index (χ0v) is 17.3. The van der Waals surface area contributed by atoms with Crippen molar-refractivity contribution in [2.24, 2.45) is 5.92 Å². The van der Waals surface area contributed by atoms with Crippen LogP contribution in [-0.4, -0.2) is 60.0 Å². The minimum atomic E-state index is -4.41. The van der Waals surface area contributed by atoms with Crippen LogP contribution in [-0.2, 0) is 16.1 Å². The number of nitrogens with zero attached hydrogens (tertiary/aromatic N) is 2. The number of hydrogen-bond acceptors (Lipinski definition) is 3. The van der Waals surface area contributed by atoms with E-state index in [4.69, 9.17) is 0 Å². The molecule has 0 aliphatic carbocycles. The van der Waals surface area contributed by atoms with E-state index in [-0.39, 0.29) is 12.5 Å². The number of amides is 2. The first-order chi connectivity index (χ1) is 13.6. The number of likely N-dealkylation sites (tertiary alicyclic amines) is 1. The van der Waals surface area contributed by atoms with Crippen LogP contribution in [0.15, 0.2) is 24.3 Å². The van der Waals surface area contributed by atoms with E-state index in [0.717, 1.165) is 16.0 Å². The third-order valence-electron chi connectivity index (χ3n) is 5.38. The lowest BCUT2D eigenvalue weighted by molar-refractivity contribution is -0.164. The fraction of sp³-hybridized carbons (Fsp3) is 0.619. The van der Waals surface area contributed by atoms with Crippen LogP contribution < -0.4 is 5.32 Å². The minimum Gasteiger partial charge on any atom is -0.351 e. The van der Waals surface area contributed by atoms with Crippen LogP contribution in [0.25, 0.3) is 0 Å². The zero-order chi connectivity index (χ0) is 21.6. The number of aryl methyl sites for hydroxylation is 1. The monoisotopic (exact) mass is 413 g/mol. The van der Waals surface area contributed by atoms with Crippen LogP contribution in [0.2, 0.25) is 0 Å². The summed E-state index contributed by atoms with van der Waals surface area (Å²) in [6.07, 6.45) is -3.19. The molecule has 29 heavy (non-hydrogen) atoms. The maximum Gasteiger partial charge on any atom is 0.406 e. The zero-order valence-electron chi connectivity index (χ0n) is 17.3. The Bertz CT molecular complexity index is 691. The van der Waals surface area contributed by atoms with Crippen LogP contribution in [0.3, 0.4) is 0 Å². The lowest BCUT2D eigenvalue weighted by Gasteiger charge is -2.37. The number of nitrogens with one attached hydrogen (secondary N) is 1. The largest absolute Gasteiger partial charge is 0.406 e.